The highest BCUT2D eigenvalue weighted by atomic mass is 16.3. The Balaban J connectivity index is 1.57. The van der Waals surface area contributed by atoms with Crippen LogP contribution < -0.4 is 4.90 Å². The molecule has 0 N–H and O–H groups in total. The Kier molecular flexibility index (Phi) is 4.67. The average Bonchev–Trinajstić information content (AvgIpc) is 3.31. The highest BCUT2D eigenvalue weighted by Gasteiger charge is 2.60. The van der Waals surface area contributed by atoms with Crippen molar-refractivity contribution in [3.05, 3.63) is 78.9 Å². The number of imide groups is 1. The van der Waals surface area contributed by atoms with Crippen LogP contribution in [0.25, 0.3) is 44.5 Å². The molecular formula is C30H25N3O3. The molecule has 6 nitrogen and oxygen atoms in total. The zero-order valence-electron chi connectivity index (χ0n) is 20.6. The van der Waals surface area contributed by atoms with Gasteiger partial charge in [0.05, 0.1) is 21.9 Å². The van der Waals surface area contributed by atoms with Gasteiger partial charge in [-0.25, -0.2) is 9.88 Å². The normalized spacial score (nSPS) is 16.8. The Hall–Kier alpha value is -4.32. The van der Waals surface area contributed by atoms with Gasteiger partial charge in [0.1, 0.15) is 5.58 Å². The van der Waals surface area contributed by atoms with Crippen LogP contribution in [0, 0.1) is 10.8 Å². The molecule has 2 aromatic heterocycles. The van der Waals surface area contributed by atoms with Gasteiger partial charge >= 0.3 is 0 Å². The maximum Gasteiger partial charge on any atom is 0.243 e. The summed E-state index contributed by atoms with van der Waals surface area (Å²) in [6, 6.07) is 25.9. The van der Waals surface area contributed by atoms with E-state index in [0.717, 1.165) is 32.4 Å². The van der Waals surface area contributed by atoms with Gasteiger partial charge in [-0.3, -0.25) is 9.59 Å². The second-order valence-electron chi connectivity index (χ2n) is 10.3. The van der Waals surface area contributed by atoms with E-state index in [-0.39, 0.29) is 17.8 Å². The summed E-state index contributed by atoms with van der Waals surface area (Å²) in [5.74, 6) is -0.603. The van der Waals surface area contributed by atoms with Gasteiger partial charge in [-0.2, -0.15) is 4.98 Å². The number of furan rings is 1. The summed E-state index contributed by atoms with van der Waals surface area (Å²) in [6.45, 7) is 7.15. The minimum Gasteiger partial charge on any atom is -0.437 e. The third-order valence-electron chi connectivity index (χ3n) is 7.73. The molecule has 1 aliphatic rings. The van der Waals surface area contributed by atoms with E-state index in [4.69, 9.17) is 9.40 Å². The molecular weight excluding hydrogens is 450 g/mol. The second-order valence-corrected chi connectivity index (χ2v) is 10.3. The number of aromatic nitrogens is 2. The van der Waals surface area contributed by atoms with Crippen molar-refractivity contribution in [2.24, 2.45) is 10.8 Å². The van der Waals surface area contributed by atoms with Gasteiger partial charge in [-0.15, -0.1) is 0 Å². The predicted molar refractivity (Wildman–Crippen MR) is 140 cm³/mol. The highest BCUT2D eigenvalue weighted by molar-refractivity contribution is 6.24. The molecule has 1 fully saturated rings. The van der Waals surface area contributed by atoms with Gasteiger partial charge in [0, 0.05) is 10.9 Å². The fraction of sp³-hybridized carbons (Fsp3) is 0.200. The number of nitrogens with zero attached hydrogens (tertiary/aromatic N) is 3. The molecule has 1 aliphatic heterocycles. The SMILES string of the molecule is CC1(C)C(=O)N(c2nc(-c3ccc(-c4ccccc4)cc3)c3c(n2)oc2ccccc23)C(=O)C1(C)C. The predicted octanol–water partition coefficient (Wildman–Crippen LogP) is 6.64. The van der Waals surface area contributed by atoms with Crippen molar-refractivity contribution < 1.29 is 14.0 Å². The first-order valence-corrected chi connectivity index (χ1v) is 11.9. The summed E-state index contributed by atoms with van der Waals surface area (Å²) >= 11 is 0. The highest BCUT2D eigenvalue weighted by Crippen LogP contribution is 2.48. The van der Waals surface area contributed by atoms with Crippen molar-refractivity contribution in [3.63, 3.8) is 0 Å². The Morgan fingerprint density at radius 3 is 1.89 bits per heavy atom. The summed E-state index contributed by atoms with van der Waals surface area (Å²) in [6.07, 6.45) is 0. The second kappa shape index (κ2) is 7.59. The van der Waals surface area contributed by atoms with Crippen LogP contribution in [-0.2, 0) is 9.59 Å². The van der Waals surface area contributed by atoms with Gasteiger partial charge in [-0.1, -0.05) is 72.8 Å². The zero-order chi connectivity index (χ0) is 25.2. The largest absolute Gasteiger partial charge is 0.437 e. The minimum atomic E-state index is -0.895. The van der Waals surface area contributed by atoms with Crippen LogP contribution in [0.2, 0.25) is 0 Å². The standard InChI is InChI=1S/C30H25N3O3/c1-29(2)26(34)33(27(35)30(29,3)4)28-31-24(23-21-12-8-9-13-22(21)36-25(23)32-28)20-16-14-19(15-17-20)18-10-6-5-7-11-18/h5-17H,1-4H3. The number of para-hydroxylation sites is 1. The fourth-order valence-corrected chi connectivity index (χ4v) is 4.74. The molecule has 2 amide bonds. The van der Waals surface area contributed by atoms with Crippen LogP contribution >= 0.6 is 0 Å². The van der Waals surface area contributed by atoms with Crippen molar-refractivity contribution in [1.82, 2.24) is 9.97 Å². The van der Waals surface area contributed by atoms with Gasteiger partial charge in [0.2, 0.25) is 23.5 Å². The van der Waals surface area contributed by atoms with E-state index in [1.807, 2.05) is 66.7 Å². The number of hydrogen-bond acceptors (Lipinski definition) is 5. The lowest BCUT2D eigenvalue weighted by atomic mass is 9.70. The third-order valence-corrected chi connectivity index (χ3v) is 7.73. The van der Waals surface area contributed by atoms with Crippen LogP contribution in [0.4, 0.5) is 5.95 Å². The maximum absolute atomic E-state index is 13.4. The van der Waals surface area contributed by atoms with E-state index in [0.29, 0.717) is 17.0 Å². The summed E-state index contributed by atoms with van der Waals surface area (Å²) in [7, 11) is 0. The van der Waals surface area contributed by atoms with E-state index < -0.39 is 10.8 Å². The lowest BCUT2D eigenvalue weighted by molar-refractivity contribution is -0.129. The molecule has 3 heterocycles. The summed E-state index contributed by atoms with van der Waals surface area (Å²) < 4.78 is 6.08. The molecule has 5 aromatic rings. The van der Waals surface area contributed by atoms with Crippen LogP contribution in [0.15, 0.2) is 83.3 Å². The zero-order valence-corrected chi connectivity index (χ0v) is 20.6. The van der Waals surface area contributed by atoms with E-state index in [1.165, 1.54) is 0 Å². The lowest BCUT2D eigenvalue weighted by Gasteiger charge is -2.28. The summed E-state index contributed by atoms with van der Waals surface area (Å²) in [5, 5.41) is 1.63. The molecule has 0 bridgehead atoms. The first kappa shape index (κ1) is 22.2. The molecule has 0 aliphatic carbocycles. The monoisotopic (exact) mass is 475 g/mol. The first-order valence-electron chi connectivity index (χ1n) is 11.9. The minimum absolute atomic E-state index is 0.0392. The number of carbonyl (C=O) groups excluding carboxylic acids is 2. The van der Waals surface area contributed by atoms with Crippen molar-refractivity contribution >= 4 is 39.8 Å². The van der Waals surface area contributed by atoms with E-state index in [2.05, 4.69) is 17.1 Å². The topological polar surface area (TPSA) is 76.3 Å². The number of hydrogen-bond donors (Lipinski definition) is 0. The molecule has 0 radical (unpaired) electrons. The third kappa shape index (κ3) is 3.04. The fourth-order valence-electron chi connectivity index (χ4n) is 4.74. The van der Waals surface area contributed by atoms with E-state index in [9.17, 15) is 9.59 Å². The Morgan fingerprint density at radius 1 is 0.667 bits per heavy atom. The number of fused-ring (bicyclic) bond motifs is 3. The Morgan fingerprint density at radius 2 is 1.22 bits per heavy atom. The van der Waals surface area contributed by atoms with Crippen molar-refractivity contribution in [2.45, 2.75) is 27.7 Å². The Bertz CT molecular complexity index is 1640. The van der Waals surface area contributed by atoms with Crippen LogP contribution in [0.5, 0.6) is 0 Å². The van der Waals surface area contributed by atoms with Gasteiger partial charge in [0.15, 0.2) is 0 Å². The van der Waals surface area contributed by atoms with Crippen molar-refractivity contribution in [1.29, 1.82) is 0 Å². The van der Waals surface area contributed by atoms with Gasteiger partial charge < -0.3 is 4.42 Å². The van der Waals surface area contributed by atoms with E-state index >= 15 is 0 Å². The molecule has 6 rings (SSSR count). The number of carbonyl (C=O) groups is 2. The number of amides is 2. The Labute approximate surface area is 208 Å². The number of rotatable bonds is 3. The van der Waals surface area contributed by atoms with Gasteiger partial charge in [0.25, 0.3) is 0 Å². The first-order chi connectivity index (χ1) is 17.2. The number of benzene rings is 3. The quantitative estimate of drug-likeness (QED) is 0.274. The summed E-state index contributed by atoms with van der Waals surface area (Å²) in [4.78, 5) is 37.3. The molecule has 0 spiro atoms. The van der Waals surface area contributed by atoms with Crippen LogP contribution in [-0.4, -0.2) is 21.8 Å². The van der Waals surface area contributed by atoms with Crippen LogP contribution in [0.1, 0.15) is 27.7 Å². The molecule has 36 heavy (non-hydrogen) atoms. The molecule has 1 saturated heterocycles. The van der Waals surface area contributed by atoms with Crippen LogP contribution in [0.3, 0.4) is 0 Å². The summed E-state index contributed by atoms with van der Waals surface area (Å²) in [5.41, 5.74) is 2.86. The van der Waals surface area contributed by atoms with Crippen molar-refractivity contribution in [2.75, 3.05) is 4.90 Å². The molecule has 178 valence electrons. The lowest BCUT2D eigenvalue weighted by Crippen LogP contribution is -2.35. The molecule has 3 aromatic carbocycles. The van der Waals surface area contributed by atoms with E-state index in [1.54, 1.807) is 27.7 Å². The van der Waals surface area contributed by atoms with Gasteiger partial charge in [-0.05, 0) is 44.9 Å². The molecule has 0 atom stereocenters. The average molecular weight is 476 g/mol. The smallest absolute Gasteiger partial charge is 0.243 e. The molecule has 0 saturated carbocycles. The number of anilines is 1. The molecule has 0 unspecified atom stereocenters. The molecule has 6 heteroatoms. The van der Waals surface area contributed by atoms with Crippen molar-refractivity contribution in [3.8, 4) is 22.4 Å². The maximum atomic E-state index is 13.4.